The van der Waals surface area contributed by atoms with E-state index < -0.39 is 0 Å². The van der Waals surface area contributed by atoms with E-state index in [4.69, 9.17) is 19.4 Å². The van der Waals surface area contributed by atoms with Gasteiger partial charge in [0.15, 0.2) is 11.6 Å². The number of furan rings is 1. The van der Waals surface area contributed by atoms with E-state index >= 15 is 0 Å². The molecule has 0 atom stereocenters. The molecule has 0 fully saturated rings. The van der Waals surface area contributed by atoms with Crippen molar-refractivity contribution in [3.63, 3.8) is 0 Å². The van der Waals surface area contributed by atoms with Crippen LogP contribution in [0.15, 0.2) is 211 Å². The lowest BCUT2D eigenvalue weighted by atomic mass is 9.96. The second kappa shape index (κ2) is 14.2. The average molecular weight is 823 g/mol. The van der Waals surface area contributed by atoms with Gasteiger partial charge in [0, 0.05) is 52.8 Å². The van der Waals surface area contributed by atoms with E-state index in [9.17, 15) is 0 Å². The molecule has 13 aromatic rings. The predicted octanol–water partition coefficient (Wildman–Crippen LogP) is 15.6. The van der Waals surface area contributed by atoms with Crippen molar-refractivity contribution in [3.05, 3.63) is 206 Å². The Morgan fingerprint density at radius 3 is 1.81 bits per heavy atom. The molecule has 0 aliphatic rings. The number of nitrogens with zero attached hydrogens (tertiary/aromatic N) is 4. The first kappa shape index (κ1) is 35.6. The molecule has 0 unspecified atom stereocenters. The van der Waals surface area contributed by atoms with Crippen molar-refractivity contribution in [2.75, 3.05) is 0 Å². The van der Waals surface area contributed by atoms with Crippen LogP contribution in [-0.4, -0.2) is 19.5 Å². The number of hydrogen-bond donors (Lipinski definition) is 0. The lowest BCUT2D eigenvalue weighted by molar-refractivity contribution is 0.669. The van der Waals surface area contributed by atoms with Crippen LogP contribution in [0.2, 0.25) is 0 Å². The molecule has 0 amide bonds. The Labute approximate surface area is 365 Å². The molecule has 0 radical (unpaired) electrons. The van der Waals surface area contributed by atoms with Crippen LogP contribution >= 0.6 is 11.3 Å². The second-order valence-corrected chi connectivity index (χ2v) is 17.1. The monoisotopic (exact) mass is 822 g/mol. The number of thiophene rings is 1. The Kier molecular flexibility index (Phi) is 8.01. The van der Waals surface area contributed by atoms with Gasteiger partial charge >= 0.3 is 0 Å². The summed E-state index contributed by atoms with van der Waals surface area (Å²) >= 11 is 1.84. The smallest absolute Gasteiger partial charge is 0.238 e. The topological polar surface area (TPSA) is 56.7 Å². The molecule has 0 saturated heterocycles. The lowest BCUT2D eigenvalue weighted by Crippen LogP contribution is -2.06. The van der Waals surface area contributed by atoms with E-state index in [0.29, 0.717) is 17.6 Å². The Bertz CT molecular complexity index is 3920. The Hall–Kier alpha value is -8.19. The van der Waals surface area contributed by atoms with Crippen LogP contribution in [0.5, 0.6) is 0 Å². The molecule has 0 N–H and O–H groups in total. The highest BCUT2D eigenvalue weighted by Crippen LogP contribution is 2.43. The maximum absolute atomic E-state index is 6.16. The number of fused-ring (bicyclic) bond motifs is 9. The van der Waals surface area contributed by atoms with Gasteiger partial charge in [-0.3, -0.25) is 4.57 Å². The summed E-state index contributed by atoms with van der Waals surface area (Å²) < 4.78 is 10.9. The third-order valence-corrected chi connectivity index (χ3v) is 13.4. The van der Waals surface area contributed by atoms with E-state index in [1.54, 1.807) is 0 Å². The van der Waals surface area contributed by atoms with Gasteiger partial charge in [-0.25, -0.2) is 4.98 Å². The first-order valence-electron chi connectivity index (χ1n) is 21.1. The minimum atomic E-state index is 0.564. The van der Waals surface area contributed by atoms with Crippen LogP contribution in [0.1, 0.15) is 0 Å². The van der Waals surface area contributed by atoms with Crippen LogP contribution in [0, 0.1) is 0 Å². The van der Waals surface area contributed by atoms with Crippen LogP contribution < -0.4 is 0 Å². The van der Waals surface area contributed by atoms with Crippen molar-refractivity contribution >= 4 is 75.3 Å². The van der Waals surface area contributed by atoms with Crippen molar-refractivity contribution in [2.45, 2.75) is 0 Å². The Morgan fingerprint density at radius 1 is 0.349 bits per heavy atom. The lowest BCUT2D eigenvalue weighted by Gasteiger charge is -2.12. The van der Waals surface area contributed by atoms with E-state index in [-0.39, 0.29) is 0 Å². The van der Waals surface area contributed by atoms with Crippen LogP contribution in [0.25, 0.3) is 126 Å². The molecule has 0 aliphatic heterocycles. The molecule has 9 aromatic carbocycles. The molecule has 0 aliphatic carbocycles. The SMILES string of the molecule is c1ccc(-c2ccc3sc4cccc(-c5cccc(-c6nc(-c7ccccc7)nc(-n7c8ccccc8c8cc(-c9ccc%10oc%11ccccc%11c%10c9)ccc87)n6)c5)c4c3c2)cc1. The fraction of sp³-hybridized carbons (Fsp3) is 0. The molecule has 0 spiro atoms. The minimum Gasteiger partial charge on any atom is -0.456 e. The van der Waals surface area contributed by atoms with Crippen molar-refractivity contribution in [1.82, 2.24) is 19.5 Å². The van der Waals surface area contributed by atoms with Gasteiger partial charge in [0.2, 0.25) is 5.95 Å². The summed E-state index contributed by atoms with van der Waals surface area (Å²) in [6.07, 6.45) is 0. The van der Waals surface area contributed by atoms with E-state index in [0.717, 1.165) is 71.6 Å². The summed E-state index contributed by atoms with van der Waals surface area (Å²) in [5.74, 6) is 1.79. The summed E-state index contributed by atoms with van der Waals surface area (Å²) in [6.45, 7) is 0. The summed E-state index contributed by atoms with van der Waals surface area (Å²) in [5, 5.41) is 7.00. The standard InChI is InChI=1S/C57H34N4OS/c1-3-13-35(14-4-1)37-27-30-52-47(34-37)54-42(21-12-24-53(54)63-52)40-17-11-18-41(31-40)56-58-55(36-15-5-2-6-16-36)59-57(60-56)61-48-22-9-7-19-43(48)45-32-38(25-28-49(45)61)39-26-29-51-46(33-39)44-20-8-10-23-50(44)62-51/h1-34H. The maximum Gasteiger partial charge on any atom is 0.238 e. The molecule has 294 valence electrons. The number of benzene rings is 9. The van der Waals surface area contributed by atoms with Gasteiger partial charge < -0.3 is 4.42 Å². The van der Waals surface area contributed by atoms with Gasteiger partial charge in [-0.1, -0.05) is 146 Å². The molecular weight excluding hydrogens is 789 g/mol. The number of para-hydroxylation sites is 2. The molecular formula is C57H34N4OS. The number of hydrogen-bond acceptors (Lipinski definition) is 5. The minimum absolute atomic E-state index is 0.564. The van der Waals surface area contributed by atoms with Crippen molar-refractivity contribution in [2.24, 2.45) is 0 Å². The molecule has 0 bridgehead atoms. The quantitative estimate of drug-likeness (QED) is 0.168. The highest BCUT2D eigenvalue weighted by Gasteiger charge is 2.20. The normalized spacial score (nSPS) is 11.8. The Balaban J connectivity index is 0.972. The van der Waals surface area contributed by atoms with Crippen LogP contribution in [0.3, 0.4) is 0 Å². The summed E-state index contributed by atoms with van der Waals surface area (Å²) in [5.41, 5.74) is 12.6. The zero-order valence-corrected chi connectivity index (χ0v) is 34.6. The molecule has 6 heteroatoms. The fourth-order valence-electron chi connectivity index (χ4n) is 9.29. The molecule has 4 heterocycles. The largest absolute Gasteiger partial charge is 0.456 e. The second-order valence-electron chi connectivity index (χ2n) is 16.0. The van der Waals surface area contributed by atoms with E-state index in [1.807, 2.05) is 41.7 Å². The molecule has 4 aromatic heterocycles. The van der Waals surface area contributed by atoms with E-state index in [1.165, 1.54) is 36.9 Å². The van der Waals surface area contributed by atoms with Gasteiger partial charge in [0.05, 0.1) is 11.0 Å². The predicted molar refractivity (Wildman–Crippen MR) is 262 cm³/mol. The summed E-state index contributed by atoms with van der Waals surface area (Å²) in [4.78, 5) is 15.7. The van der Waals surface area contributed by atoms with Gasteiger partial charge in [0.1, 0.15) is 11.2 Å². The van der Waals surface area contributed by atoms with Crippen molar-refractivity contribution in [3.8, 4) is 62.1 Å². The highest BCUT2D eigenvalue weighted by atomic mass is 32.1. The first-order valence-corrected chi connectivity index (χ1v) is 21.9. The molecule has 13 rings (SSSR count). The third kappa shape index (κ3) is 5.87. The fourth-order valence-corrected chi connectivity index (χ4v) is 10.4. The maximum atomic E-state index is 6.16. The highest BCUT2D eigenvalue weighted by molar-refractivity contribution is 7.26. The molecule has 63 heavy (non-hydrogen) atoms. The third-order valence-electron chi connectivity index (χ3n) is 12.3. The number of aromatic nitrogens is 4. The van der Waals surface area contributed by atoms with Gasteiger partial charge in [-0.2, -0.15) is 9.97 Å². The Morgan fingerprint density at radius 2 is 0.952 bits per heavy atom. The summed E-state index contributed by atoms with van der Waals surface area (Å²) in [7, 11) is 0. The van der Waals surface area contributed by atoms with Crippen molar-refractivity contribution < 1.29 is 4.42 Å². The molecule has 0 saturated carbocycles. The average Bonchev–Trinajstić information content (AvgIpc) is 4.03. The van der Waals surface area contributed by atoms with Gasteiger partial charge in [-0.15, -0.1) is 11.3 Å². The molecule has 5 nitrogen and oxygen atoms in total. The zero-order chi connectivity index (χ0) is 41.4. The van der Waals surface area contributed by atoms with Crippen molar-refractivity contribution in [1.29, 1.82) is 0 Å². The van der Waals surface area contributed by atoms with Gasteiger partial charge in [-0.05, 0) is 94.0 Å². The van der Waals surface area contributed by atoms with Crippen LogP contribution in [-0.2, 0) is 0 Å². The van der Waals surface area contributed by atoms with E-state index in [2.05, 4.69) is 180 Å². The number of rotatable bonds is 6. The first-order chi connectivity index (χ1) is 31.2. The zero-order valence-electron chi connectivity index (χ0n) is 33.7. The summed E-state index contributed by atoms with van der Waals surface area (Å²) in [6, 6.07) is 72.8. The van der Waals surface area contributed by atoms with Crippen LogP contribution in [0.4, 0.5) is 0 Å². The van der Waals surface area contributed by atoms with Gasteiger partial charge in [0.25, 0.3) is 0 Å².